The van der Waals surface area contributed by atoms with Crippen LogP contribution in [0.1, 0.15) is 40.0 Å². The normalized spacial score (nSPS) is 27.4. The van der Waals surface area contributed by atoms with Crippen molar-refractivity contribution in [1.82, 2.24) is 5.32 Å². The van der Waals surface area contributed by atoms with Gasteiger partial charge in [0, 0.05) is 17.5 Å². The van der Waals surface area contributed by atoms with E-state index in [0.717, 1.165) is 25.0 Å². The summed E-state index contributed by atoms with van der Waals surface area (Å²) in [5.41, 5.74) is 6.18. The number of amides is 1. The Morgan fingerprint density at radius 2 is 2.00 bits per heavy atom. The van der Waals surface area contributed by atoms with E-state index in [1.54, 1.807) is 21.6 Å². The number of aliphatic hydroxyl groups excluding tert-OH is 1. The van der Waals surface area contributed by atoms with Gasteiger partial charge < -0.3 is 20.9 Å². The van der Waals surface area contributed by atoms with E-state index < -0.39 is 0 Å². The lowest BCUT2D eigenvalue weighted by atomic mass is 9.63. The fourth-order valence-corrected chi connectivity index (χ4v) is 5.02. The Labute approximate surface area is 141 Å². The van der Waals surface area contributed by atoms with Crippen LogP contribution in [0.5, 0.6) is 0 Å². The topological polar surface area (TPSA) is 84.6 Å². The lowest BCUT2D eigenvalue weighted by Gasteiger charge is -2.46. The third-order valence-electron chi connectivity index (χ3n) is 3.92. The number of hydrogen-bond donors (Lipinski definition) is 3. The smallest absolute Gasteiger partial charge is 0.407 e. The lowest BCUT2D eigenvalue weighted by Crippen LogP contribution is -2.49. The maximum atomic E-state index is 11.9. The highest BCUT2D eigenvalue weighted by molar-refractivity contribution is 8.76. The van der Waals surface area contributed by atoms with Gasteiger partial charge in [0.25, 0.3) is 0 Å². The summed E-state index contributed by atoms with van der Waals surface area (Å²) >= 11 is 0. The third kappa shape index (κ3) is 7.44. The van der Waals surface area contributed by atoms with Crippen molar-refractivity contribution in [1.29, 1.82) is 0 Å². The summed E-state index contributed by atoms with van der Waals surface area (Å²) < 4.78 is 5.22. The molecule has 1 amide bonds. The Bertz CT molecular complexity index is 356. The second-order valence-corrected chi connectivity index (χ2v) is 9.81. The Balaban J connectivity index is 2.31. The van der Waals surface area contributed by atoms with Crippen molar-refractivity contribution < 1.29 is 14.6 Å². The maximum Gasteiger partial charge on any atom is 0.407 e. The van der Waals surface area contributed by atoms with Gasteiger partial charge in [-0.2, -0.15) is 0 Å². The molecule has 1 aliphatic rings. The van der Waals surface area contributed by atoms with Crippen molar-refractivity contribution in [2.45, 2.75) is 46.1 Å². The molecule has 1 saturated carbocycles. The van der Waals surface area contributed by atoms with Crippen molar-refractivity contribution in [3.05, 3.63) is 0 Å². The number of carbonyl (C=O) groups is 1. The highest BCUT2D eigenvalue weighted by Gasteiger charge is 2.41. The minimum absolute atomic E-state index is 0.0798. The van der Waals surface area contributed by atoms with Gasteiger partial charge in [-0.15, -0.1) is 0 Å². The molecule has 2 unspecified atom stereocenters. The molecule has 130 valence electrons. The van der Waals surface area contributed by atoms with E-state index in [9.17, 15) is 4.79 Å². The number of rotatable bonds is 8. The number of nitrogens with two attached hydrogens (primary N) is 1. The van der Waals surface area contributed by atoms with Crippen LogP contribution in [-0.2, 0) is 4.74 Å². The molecule has 0 aromatic carbocycles. The first-order valence-corrected chi connectivity index (χ1v) is 10.3. The van der Waals surface area contributed by atoms with Crippen LogP contribution in [0.2, 0.25) is 0 Å². The highest BCUT2D eigenvalue weighted by atomic mass is 33.1. The summed E-state index contributed by atoms with van der Waals surface area (Å²) in [6.07, 6.45) is 2.61. The molecule has 2 atom stereocenters. The summed E-state index contributed by atoms with van der Waals surface area (Å²) in [5, 5.41) is 11.7. The van der Waals surface area contributed by atoms with Crippen LogP contribution in [0.3, 0.4) is 0 Å². The SMILES string of the molecule is CC1(C)CC(NC(=O)OCCSSCCO)CC(C)(CN)C1. The molecule has 0 saturated heterocycles. The van der Waals surface area contributed by atoms with Crippen molar-refractivity contribution in [2.24, 2.45) is 16.6 Å². The molecular formula is C15H30N2O3S2. The Kier molecular flexibility index (Phi) is 8.38. The highest BCUT2D eigenvalue weighted by Crippen LogP contribution is 2.45. The van der Waals surface area contributed by atoms with Crippen LogP contribution in [0.4, 0.5) is 4.79 Å². The van der Waals surface area contributed by atoms with Gasteiger partial charge in [0.1, 0.15) is 6.61 Å². The van der Waals surface area contributed by atoms with Crippen LogP contribution < -0.4 is 11.1 Å². The largest absolute Gasteiger partial charge is 0.449 e. The molecule has 0 bridgehead atoms. The quantitative estimate of drug-likeness (QED) is 0.461. The lowest BCUT2D eigenvalue weighted by molar-refractivity contribution is 0.0719. The predicted molar refractivity (Wildman–Crippen MR) is 95.1 cm³/mol. The molecule has 7 heteroatoms. The fraction of sp³-hybridized carbons (Fsp3) is 0.933. The summed E-state index contributed by atoms with van der Waals surface area (Å²) in [7, 11) is 3.19. The zero-order chi connectivity index (χ0) is 16.6. The van der Waals surface area contributed by atoms with Gasteiger partial charge in [0.2, 0.25) is 0 Å². The first-order chi connectivity index (χ1) is 10.3. The molecule has 0 aromatic rings. The van der Waals surface area contributed by atoms with E-state index in [0.29, 0.717) is 18.9 Å². The van der Waals surface area contributed by atoms with Crippen LogP contribution in [0.25, 0.3) is 0 Å². The second-order valence-electron chi connectivity index (χ2n) is 7.11. The third-order valence-corrected chi connectivity index (χ3v) is 6.27. The fourth-order valence-electron chi connectivity index (χ4n) is 3.42. The van der Waals surface area contributed by atoms with Gasteiger partial charge >= 0.3 is 6.09 Å². The van der Waals surface area contributed by atoms with Gasteiger partial charge in [0.15, 0.2) is 0 Å². The number of ether oxygens (including phenoxy) is 1. The molecule has 22 heavy (non-hydrogen) atoms. The zero-order valence-electron chi connectivity index (χ0n) is 13.9. The van der Waals surface area contributed by atoms with E-state index in [2.05, 4.69) is 26.1 Å². The average molecular weight is 351 g/mol. The van der Waals surface area contributed by atoms with Crippen LogP contribution in [0.15, 0.2) is 0 Å². The van der Waals surface area contributed by atoms with Crippen molar-refractivity contribution in [2.75, 3.05) is 31.3 Å². The van der Waals surface area contributed by atoms with Crippen LogP contribution in [0, 0.1) is 10.8 Å². The maximum absolute atomic E-state index is 11.9. The standard InChI is InChI=1S/C15H30N2O3S2/c1-14(2)8-12(9-15(3,10-14)11-16)17-13(19)20-5-7-22-21-6-4-18/h12,18H,4-11,16H2,1-3H3,(H,17,19). The minimum Gasteiger partial charge on any atom is -0.449 e. The molecule has 0 aliphatic heterocycles. The second kappa shape index (κ2) is 9.25. The van der Waals surface area contributed by atoms with E-state index in [1.807, 2.05) is 0 Å². The molecule has 0 aromatic heterocycles. The first-order valence-electron chi connectivity index (χ1n) is 7.79. The van der Waals surface area contributed by atoms with Crippen LogP contribution in [-0.4, -0.2) is 48.5 Å². The molecule has 4 N–H and O–H groups in total. The Hall–Kier alpha value is -0.110. The molecule has 1 rings (SSSR count). The number of carbonyl (C=O) groups excluding carboxylic acids is 1. The van der Waals surface area contributed by atoms with E-state index in [4.69, 9.17) is 15.6 Å². The number of alkyl carbamates (subject to hydrolysis) is 1. The van der Waals surface area contributed by atoms with E-state index in [-0.39, 0.29) is 29.6 Å². The average Bonchev–Trinajstić information content (AvgIpc) is 2.40. The Morgan fingerprint density at radius 3 is 2.64 bits per heavy atom. The summed E-state index contributed by atoms with van der Waals surface area (Å²) in [6.45, 7) is 7.87. The van der Waals surface area contributed by atoms with Gasteiger partial charge in [-0.05, 0) is 36.6 Å². The number of nitrogens with one attached hydrogen (secondary N) is 1. The van der Waals surface area contributed by atoms with Gasteiger partial charge in [0.05, 0.1) is 6.61 Å². The zero-order valence-corrected chi connectivity index (χ0v) is 15.5. The minimum atomic E-state index is -0.338. The summed E-state index contributed by atoms with van der Waals surface area (Å²) in [4.78, 5) is 11.9. The Morgan fingerprint density at radius 1 is 1.32 bits per heavy atom. The summed E-state index contributed by atoms with van der Waals surface area (Å²) in [6, 6.07) is 0.126. The first kappa shape index (κ1) is 19.9. The van der Waals surface area contributed by atoms with E-state index >= 15 is 0 Å². The molecule has 1 fully saturated rings. The van der Waals surface area contributed by atoms with Crippen LogP contribution >= 0.6 is 21.6 Å². The number of aliphatic hydroxyl groups is 1. The molecule has 0 spiro atoms. The van der Waals surface area contributed by atoms with Crippen molar-refractivity contribution in [3.63, 3.8) is 0 Å². The molecule has 0 heterocycles. The van der Waals surface area contributed by atoms with Gasteiger partial charge in [-0.1, -0.05) is 42.4 Å². The predicted octanol–water partition coefficient (Wildman–Crippen LogP) is 2.63. The van der Waals surface area contributed by atoms with Gasteiger partial charge in [-0.3, -0.25) is 0 Å². The van der Waals surface area contributed by atoms with Crippen molar-refractivity contribution >= 4 is 27.7 Å². The van der Waals surface area contributed by atoms with Gasteiger partial charge in [-0.25, -0.2) is 4.79 Å². The van der Waals surface area contributed by atoms with Crippen molar-refractivity contribution in [3.8, 4) is 0 Å². The number of hydrogen-bond acceptors (Lipinski definition) is 6. The summed E-state index contributed by atoms with van der Waals surface area (Å²) in [5.74, 6) is 1.43. The monoisotopic (exact) mass is 350 g/mol. The van der Waals surface area contributed by atoms with E-state index in [1.165, 1.54) is 0 Å². The molecule has 5 nitrogen and oxygen atoms in total. The molecule has 0 radical (unpaired) electrons. The molecular weight excluding hydrogens is 320 g/mol. The molecule has 1 aliphatic carbocycles.